The number of rotatable bonds is 6. The molecule has 1 N–H and O–H groups in total. The molecular weight excluding hydrogens is 282 g/mol. The molecule has 0 radical (unpaired) electrons. The van der Waals surface area contributed by atoms with Crippen LogP contribution in [-0.4, -0.2) is 30.1 Å². The van der Waals surface area contributed by atoms with Crippen molar-refractivity contribution in [3.63, 3.8) is 0 Å². The average molecular weight is 303 g/mol. The summed E-state index contributed by atoms with van der Waals surface area (Å²) in [6, 6.07) is 10.4. The van der Waals surface area contributed by atoms with Crippen LogP contribution in [0.2, 0.25) is 0 Å². The van der Waals surface area contributed by atoms with Crippen molar-refractivity contribution in [1.29, 1.82) is 5.26 Å². The first-order valence-corrected chi connectivity index (χ1v) is 7.21. The zero-order valence-electron chi connectivity index (χ0n) is 12.9. The van der Waals surface area contributed by atoms with Crippen molar-refractivity contribution < 1.29 is 14.3 Å². The molecule has 1 rings (SSSR count). The van der Waals surface area contributed by atoms with E-state index in [0.29, 0.717) is 0 Å². The Bertz CT molecular complexity index is 525. The van der Waals surface area contributed by atoms with E-state index in [-0.39, 0.29) is 25.6 Å². The quantitative estimate of drug-likeness (QED) is 0.819. The summed E-state index contributed by atoms with van der Waals surface area (Å²) in [6.45, 7) is 4.12. The molecule has 3 amide bonds. The Balaban J connectivity index is 2.66. The van der Waals surface area contributed by atoms with E-state index in [1.54, 1.807) is 6.07 Å². The van der Waals surface area contributed by atoms with Crippen LogP contribution in [0.4, 0.5) is 9.59 Å². The smallest absolute Gasteiger partial charge is 0.418 e. The second-order valence-corrected chi connectivity index (χ2v) is 4.98. The van der Waals surface area contributed by atoms with Gasteiger partial charge in [-0.15, -0.1) is 0 Å². The van der Waals surface area contributed by atoms with Gasteiger partial charge in [0.05, 0.1) is 6.07 Å². The molecule has 1 aromatic carbocycles. The molecule has 0 aliphatic heterocycles. The lowest BCUT2D eigenvalue weighted by atomic mass is 10.1. The van der Waals surface area contributed by atoms with Crippen molar-refractivity contribution in [2.75, 3.05) is 13.1 Å². The molecular formula is C16H21N3O3. The largest absolute Gasteiger partial charge is 0.444 e. The van der Waals surface area contributed by atoms with Gasteiger partial charge in [0.25, 0.3) is 0 Å². The highest BCUT2D eigenvalue weighted by Crippen LogP contribution is 2.08. The normalized spacial score (nSPS) is 11.1. The third kappa shape index (κ3) is 5.83. The van der Waals surface area contributed by atoms with Crippen molar-refractivity contribution >= 4 is 12.1 Å². The Kier molecular flexibility index (Phi) is 7.48. The monoisotopic (exact) mass is 303 g/mol. The second kappa shape index (κ2) is 9.40. The maximum Gasteiger partial charge on any atom is 0.418 e. The van der Waals surface area contributed by atoms with E-state index < -0.39 is 12.1 Å². The molecule has 22 heavy (non-hydrogen) atoms. The molecule has 1 unspecified atom stereocenters. The Labute approximate surface area is 130 Å². The number of nitrogens with zero attached hydrogens (tertiary/aromatic N) is 2. The summed E-state index contributed by atoms with van der Waals surface area (Å²) < 4.78 is 5.18. The van der Waals surface area contributed by atoms with Gasteiger partial charge in [-0.1, -0.05) is 50.6 Å². The lowest BCUT2D eigenvalue weighted by molar-refractivity contribution is 0.0996. The number of carbonyl (C=O) groups is 2. The zero-order valence-corrected chi connectivity index (χ0v) is 12.9. The van der Waals surface area contributed by atoms with Crippen molar-refractivity contribution in [1.82, 2.24) is 10.2 Å². The number of nitrogens with one attached hydrogen (secondary N) is 1. The first-order chi connectivity index (χ1) is 10.6. The molecule has 6 heteroatoms. The fourth-order valence-corrected chi connectivity index (χ4v) is 1.69. The van der Waals surface area contributed by atoms with Crippen LogP contribution in [0, 0.1) is 17.2 Å². The van der Waals surface area contributed by atoms with E-state index in [4.69, 9.17) is 10.00 Å². The van der Waals surface area contributed by atoms with E-state index in [9.17, 15) is 9.59 Å². The summed E-state index contributed by atoms with van der Waals surface area (Å²) in [5.41, 5.74) is 0.844. The van der Waals surface area contributed by atoms with Crippen LogP contribution >= 0.6 is 0 Å². The number of carbonyl (C=O) groups excluding carboxylic acids is 2. The maximum absolute atomic E-state index is 12.1. The van der Waals surface area contributed by atoms with E-state index in [2.05, 4.69) is 5.32 Å². The lowest BCUT2D eigenvalue weighted by Gasteiger charge is -2.23. The van der Waals surface area contributed by atoms with Crippen molar-refractivity contribution in [2.45, 2.75) is 26.9 Å². The summed E-state index contributed by atoms with van der Waals surface area (Å²) in [5, 5.41) is 10.9. The molecule has 0 aliphatic carbocycles. The van der Waals surface area contributed by atoms with Gasteiger partial charge in [-0.05, 0) is 11.5 Å². The molecule has 1 aromatic rings. The predicted molar refractivity (Wildman–Crippen MR) is 81.8 cm³/mol. The average Bonchev–Trinajstić information content (AvgIpc) is 2.55. The SMILES string of the molecule is CCC(C)CN(C(=O)NCC#N)C(=O)OCc1ccccc1. The molecule has 0 fully saturated rings. The van der Waals surface area contributed by atoms with E-state index in [1.165, 1.54) is 0 Å². The summed E-state index contributed by atoms with van der Waals surface area (Å²) in [6.07, 6.45) is 0.119. The van der Waals surface area contributed by atoms with Gasteiger partial charge in [0.1, 0.15) is 13.2 Å². The fourth-order valence-electron chi connectivity index (χ4n) is 1.69. The summed E-state index contributed by atoms with van der Waals surface area (Å²) in [7, 11) is 0. The third-order valence-corrected chi connectivity index (χ3v) is 3.18. The lowest BCUT2D eigenvalue weighted by Crippen LogP contribution is -2.46. The van der Waals surface area contributed by atoms with Crippen molar-refractivity contribution in [2.24, 2.45) is 5.92 Å². The van der Waals surface area contributed by atoms with Crippen LogP contribution in [0.3, 0.4) is 0 Å². The van der Waals surface area contributed by atoms with Gasteiger partial charge in [0, 0.05) is 6.54 Å². The molecule has 0 heterocycles. The van der Waals surface area contributed by atoms with Crippen LogP contribution in [0.15, 0.2) is 30.3 Å². The Morgan fingerprint density at radius 1 is 1.36 bits per heavy atom. The van der Waals surface area contributed by atoms with Gasteiger partial charge < -0.3 is 10.1 Å². The number of urea groups is 1. The number of amides is 3. The summed E-state index contributed by atoms with van der Waals surface area (Å²) in [4.78, 5) is 25.1. The topological polar surface area (TPSA) is 82.4 Å². The first-order valence-electron chi connectivity index (χ1n) is 7.21. The van der Waals surface area contributed by atoms with E-state index >= 15 is 0 Å². The van der Waals surface area contributed by atoms with Crippen LogP contribution in [-0.2, 0) is 11.3 Å². The van der Waals surface area contributed by atoms with Gasteiger partial charge in [-0.3, -0.25) is 0 Å². The minimum Gasteiger partial charge on any atom is -0.444 e. The fraction of sp³-hybridized carbons (Fsp3) is 0.438. The van der Waals surface area contributed by atoms with Gasteiger partial charge >= 0.3 is 12.1 Å². The van der Waals surface area contributed by atoms with E-state index in [0.717, 1.165) is 16.9 Å². The minimum absolute atomic E-state index is 0.0994. The number of nitriles is 1. The van der Waals surface area contributed by atoms with Crippen LogP contribution < -0.4 is 5.32 Å². The molecule has 118 valence electrons. The summed E-state index contributed by atoms with van der Waals surface area (Å²) >= 11 is 0. The molecule has 0 spiro atoms. The molecule has 0 saturated heterocycles. The van der Waals surface area contributed by atoms with E-state index in [1.807, 2.05) is 44.2 Å². The number of ether oxygens (including phenoxy) is 1. The van der Waals surface area contributed by atoms with Crippen LogP contribution in [0.5, 0.6) is 0 Å². The number of imide groups is 1. The van der Waals surface area contributed by atoms with Crippen molar-refractivity contribution in [3.05, 3.63) is 35.9 Å². The second-order valence-electron chi connectivity index (χ2n) is 4.98. The molecule has 0 aliphatic rings. The highest BCUT2D eigenvalue weighted by Gasteiger charge is 2.24. The van der Waals surface area contributed by atoms with Gasteiger partial charge in [0.15, 0.2) is 0 Å². The van der Waals surface area contributed by atoms with Gasteiger partial charge in [-0.2, -0.15) is 5.26 Å². The molecule has 1 atom stereocenters. The highest BCUT2D eigenvalue weighted by atomic mass is 16.6. The third-order valence-electron chi connectivity index (χ3n) is 3.18. The molecule has 0 bridgehead atoms. The minimum atomic E-state index is -0.709. The molecule has 0 saturated carbocycles. The first kappa shape index (κ1) is 17.5. The molecule has 6 nitrogen and oxygen atoms in total. The Morgan fingerprint density at radius 3 is 2.64 bits per heavy atom. The number of benzene rings is 1. The van der Waals surface area contributed by atoms with Gasteiger partial charge in [-0.25, -0.2) is 14.5 Å². The number of hydrogen-bond donors (Lipinski definition) is 1. The molecule has 0 aromatic heterocycles. The van der Waals surface area contributed by atoms with Crippen molar-refractivity contribution in [3.8, 4) is 6.07 Å². The zero-order chi connectivity index (χ0) is 16.4. The predicted octanol–water partition coefficient (Wildman–Crippen LogP) is 2.90. The van der Waals surface area contributed by atoms with Crippen LogP contribution in [0.1, 0.15) is 25.8 Å². The van der Waals surface area contributed by atoms with Gasteiger partial charge in [0.2, 0.25) is 0 Å². The highest BCUT2D eigenvalue weighted by molar-refractivity contribution is 5.91. The van der Waals surface area contributed by atoms with Crippen LogP contribution in [0.25, 0.3) is 0 Å². The number of hydrogen-bond acceptors (Lipinski definition) is 4. The summed E-state index contributed by atoms with van der Waals surface area (Å²) in [5.74, 6) is 0.150. The maximum atomic E-state index is 12.1. The Hall–Kier alpha value is -2.55. The standard InChI is InChI=1S/C16H21N3O3/c1-3-13(2)11-19(15(20)18-10-9-17)16(21)22-12-14-7-5-4-6-8-14/h4-8,13H,3,10-12H2,1-2H3,(H,18,20). The Morgan fingerprint density at radius 2 is 2.05 bits per heavy atom.